The van der Waals surface area contributed by atoms with Gasteiger partial charge in [0.2, 0.25) is 0 Å². The van der Waals surface area contributed by atoms with Crippen LogP contribution in [0, 0.1) is 0 Å². The zero-order valence-electron chi connectivity index (χ0n) is 17.8. The second kappa shape index (κ2) is 10.2. The van der Waals surface area contributed by atoms with Crippen LogP contribution in [0.25, 0.3) is 16.6 Å². The fraction of sp³-hybridized carbons (Fsp3) is 0.211. The highest BCUT2D eigenvalue weighted by Crippen LogP contribution is 2.38. The Labute approximate surface area is 202 Å². The molecule has 0 saturated carbocycles. The van der Waals surface area contributed by atoms with Crippen molar-refractivity contribution >= 4 is 45.8 Å². The molecule has 0 fully saturated rings. The van der Waals surface area contributed by atoms with Gasteiger partial charge in [-0.25, -0.2) is 14.3 Å². The molecule has 0 bridgehead atoms. The molecule has 17 heteroatoms. The second-order valence-electron chi connectivity index (χ2n) is 6.96. The third kappa shape index (κ3) is 5.54. The summed E-state index contributed by atoms with van der Waals surface area (Å²) in [6.45, 7) is -1.48. The van der Waals surface area contributed by atoms with Gasteiger partial charge >= 0.3 is 18.8 Å². The average Bonchev–Trinajstić information content (AvgIpc) is 3.39. The summed E-state index contributed by atoms with van der Waals surface area (Å²) in [5.74, 6) is -3.50. The lowest BCUT2D eigenvalue weighted by atomic mass is 10.0. The number of nitrogen functional groups attached to an aromatic ring is 1. The zero-order valence-corrected chi connectivity index (χ0v) is 18.6. The number of nitrogens with zero attached hydrogens (tertiary/aromatic N) is 4. The van der Waals surface area contributed by atoms with E-state index in [2.05, 4.69) is 25.6 Å². The number of nitrogens with two attached hydrogens (primary N) is 1. The Bertz CT molecular complexity index is 1420. The molecular formula is C19H15ClF5N7O4. The Morgan fingerprint density at radius 1 is 1.33 bits per heavy atom. The predicted octanol–water partition coefficient (Wildman–Crippen LogP) is 3.57. The molecule has 0 radical (unpaired) electrons. The Morgan fingerprint density at radius 2 is 2.00 bits per heavy atom. The number of H-pyrrole nitrogens is 1. The summed E-state index contributed by atoms with van der Waals surface area (Å²) in [5, 5.41) is 21.0. The number of rotatable bonds is 5. The number of nitrogens with one attached hydrogen (secondary N) is 2. The highest BCUT2D eigenvalue weighted by Gasteiger charge is 2.38. The quantitative estimate of drug-likeness (QED) is 0.282. The van der Waals surface area contributed by atoms with Crippen molar-refractivity contribution in [2.45, 2.75) is 25.8 Å². The smallest absolute Gasteiger partial charge is 0.475 e. The van der Waals surface area contributed by atoms with Crippen LogP contribution in [0.4, 0.5) is 27.8 Å². The number of hydrogen-bond acceptors (Lipinski definition) is 7. The van der Waals surface area contributed by atoms with Gasteiger partial charge in [0.25, 0.3) is 5.91 Å². The predicted molar refractivity (Wildman–Crippen MR) is 115 cm³/mol. The molecule has 0 aliphatic heterocycles. The number of aromatic nitrogens is 5. The van der Waals surface area contributed by atoms with Crippen LogP contribution in [0.1, 0.15) is 28.9 Å². The van der Waals surface area contributed by atoms with Gasteiger partial charge in [0, 0.05) is 23.3 Å². The number of benzene rings is 1. The fourth-order valence-electron chi connectivity index (χ4n) is 3.07. The lowest BCUT2D eigenvalue weighted by Gasteiger charge is -2.19. The van der Waals surface area contributed by atoms with Gasteiger partial charge < -0.3 is 20.9 Å². The molecule has 4 rings (SSSR count). The van der Waals surface area contributed by atoms with Crippen LogP contribution < -0.4 is 15.8 Å². The van der Waals surface area contributed by atoms with Crippen LogP contribution >= 0.6 is 11.6 Å². The van der Waals surface area contributed by atoms with Crippen LogP contribution in [0.5, 0.6) is 5.75 Å². The molecule has 36 heavy (non-hydrogen) atoms. The first-order valence-corrected chi connectivity index (χ1v) is 9.99. The summed E-state index contributed by atoms with van der Waals surface area (Å²) in [6, 6.07) is 2.32. The first kappa shape index (κ1) is 26.4. The molecule has 3 aromatic heterocycles. The molecular weight excluding hydrogens is 521 g/mol. The number of ether oxygens (including phenoxy) is 1. The largest absolute Gasteiger partial charge is 0.490 e. The Hall–Kier alpha value is -4.21. The van der Waals surface area contributed by atoms with Crippen molar-refractivity contribution in [1.82, 2.24) is 30.1 Å². The first-order chi connectivity index (χ1) is 16.8. The van der Waals surface area contributed by atoms with Gasteiger partial charge in [-0.3, -0.25) is 9.89 Å². The molecule has 11 nitrogen and oxygen atoms in total. The number of amides is 1. The van der Waals surface area contributed by atoms with Crippen molar-refractivity contribution in [1.29, 1.82) is 0 Å². The summed E-state index contributed by atoms with van der Waals surface area (Å²) >= 11 is 6.24. The number of aromatic amines is 1. The van der Waals surface area contributed by atoms with E-state index < -0.39 is 30.7 Å². The Kier molecular flexibility index (Phi) is 7.47. The summed E-state index contributed by atoms with van der Waals surface area (Å²) in [4.78, 5) is 25.8. The number of halogens is 6. The van der Waals surface area contributed by atoms with E-state index >= 15 is 0 Å². The van der Waals surface area contributed by atoms with E-state index in [1.165, 1.54) is 23.0 Å². The third-order valence-corrected chi connectivity index (χ3v) is 4.89. The summed E-state index contributed by atoms with van der Waals surface area (Å²) in [5.41, 5.74) is 6.63. The number of aliphatic carboxylic acids is 1. The SMILES string of the molecule is CC(NC(=O)c1c(N)nn2cccnc12)c1cc(Cl)c2cn[nH]c2c1OC(F)F.O=C(O)C(F)(F)F. The summed E-state index contributed by atoms with van der Waals surface area (Å²) < 4.78 is 63.8. The Balaban J connectivity index is 0.000000454. The van der Waals surface area contributed by atoms with Crippen molar-refractivity contribution in [3.63, 3.8) is 0 Å². The van der Waals surface area contributed by atoms with Crippen LogP contribution in [-0.4, -0.2) is 54.6 Å². The summed E-state index contributed by atoms with van der Waals surface area (Å²) in [7, 11) is 0. The van der Waals surface area contributed by atoms with Crippen LogP contribution in [0.15, 0.2) is 30.7 Å². The van der Waals surface area contributed by atoms with Crippen molar-refractivity contribution in [2.24, 2.45) is 0 Å². The van der Waals surface area contributed by atoms with E-state index in [0.717, 1.165) is 0 Å². The number of alkyl halides is 5. The highest BCUT2D eigenvalue weighted by molar-refractivity contribution is 6.35. The Morgan fingerprint density at radius 3 is 2.61 bits per heavy atom. The van der Waals surface area contributed by atoms with Crippen LogP contribution in [0.2, 0.25) is 5.02 Å². The number of carboxylic acid groups (broad SMARTS) is 1. The van der Waals surface area contributed by atoms with Crippen molar-refractivity contribution in [3.8, 4) is 5.75 Å². The van der Waals surface area contributed by atoms with Crippen LogP contribution in [-0.2, 0) is 4.79 Å². The van der Waals surface area contributed by atoms with Crippen molar-refractivity contribution in [2.75, 3.05) is 5.73 Å². The minimum absolute atomic E-state index is 0.0143. The van der Waals surface area contributed by atoms with E-state index in [1.54, 1.807) is 19.2 Å². The lowest BCUT2D eigenvalue weighted by Crippen LogP contribution is -2.28. The topological polar surface area (TPSA) is 161 Å². The number of carboxylic acids is 1. The lowest BCUT2D eigenvalue weighted by molar-refractivity contribution is -0.192. The van der Waals surface area contributed by atoms with E-state index in [1.807, 2.05) is 0 Å². The molecule has 0 spiro atoms. The molecule has 1 amide bonds. The van der Waals surface area contributed by atoms with Gasteiger partial charge in [-0.2, -0.15) is 27.1 Å². The second-order valence-corrected chi connectivity index (χ2v) is 7.37. The molecule has 0 aliphatic rings. The van der Waals surface area contributed by atoms with Crippen LogP contribution in [0.3, 0.4) is 0 Å². The molecule has 3 heterocycles. The molecule has 5 N–H and O–H groups in total. The molecule has 0 saturated heterocycles. The monoisotopic (exact) mass is 535 g/mol. The normalized spacial score (nSPS) is 12.3. The van der Waals surface area contributed by atoms with E-state index in [0.29, 0.717) is 5.39 Å². The number of fused-ring (bicyclic) bond motifs is 2. The standard InChI is InChI=1S/C17H14ClF2N7O2.C2HF3O2/c1-7(24-16(28)11-14(21)26-27-4-2-3-22-15(11)27)8-5-10(18)9-6-23-25-12(9)13(8)29-17(19)20;3-2(4,5)1(6)7/h2-7,17H,1H3,(H2,21,26)(H,23,25)(H,24,28);(H,6,7). The van der Waals surface area contributed by atoms with Gasteiger partial charge in [-0.15, -0.1) is 5.10 Å². The molecule has 192 valence electrons. The minimum Gasteiger partial charge on any atom is -0.475 e. The minimum atomic E-state index is -5.08. The van der Waals surface area contributed by atoms with E-state index in [-0.39, 0.29) is 38.9 Å². The zero-order chi connectivity index (χ0) is 26.8. The molecule has 1 aromatic carbocycles. The first-order valence-electron chi connectivity index (χ1n) is 9.61. The number of carbonyl (C=O) groups is 2. The maximum Gasteiger partial charge on any atom is 0.490 e. The number of carbonyl (C=O) groups excluding carboxylic acids is 1. The van der Waals surface area contributed by atoms with E-state index in [9.17, 15) is 26.7 Å². The molecule has 4 aromatic rings. The number of anilines is 1. The average molecular weight is 536 g/mol. The van der Waals surface area contributed by atoms with Gasteiger partial charge in [0.15, 0.2) is 17.2 Å². The van der Waals surface area contributed by atoms with Gasteiger partial charge in [-0.05, 0) is 19.1 Å². The maximum absolute atomic E-state index is 13.0. The summed E-state index contributed by atoms with van der Waals surface area (Å²) in [6.07, 6.45) is -0.592. The van der Waals surface area contributed by atoms with Gasteiger partial charge in [0.1, 0.15) is 11.1 Å². The van der Waals surface area contributed by atoms with Gasteiger partial charge in [0.05, 0.1) is 17.3 Å². The van der Waals surface area contributed by atoms with E-state index in [4.69, 9.17) is 32.0 Å². The fourth-order valence-corrected chi connectivity index (χ4v) is 3.33. The third-order valence-electron chi connectivity index (χ3n) is 4.58. The highest BCUT2D eigenvalue weighted by atomic mass is 35.5. The molecule has 1 unspecified atom stereocenters. The van der Waals surface area contributed by atoms with Gasteiger partial charge in [-0.1, -0.05) is 11.6 Å². The maximum atomic E-state index is 13.0. The molecule has 0 aliphatic carbocycles. The van der Waals surface area contributed by atoms with Crippen molar-refractivity contribution < 1.29 is 41.4 Å². The van der Waals surface area contributed by atoms with Crippen molar-refractivity contribution in [3.05, 3.63) is 46.9 Å². The molecule has 1 atom stereocenters. The number of hydrogen-bond donors (Lipinski definition) is 4.